The molecule has 0 bridgehead atoms. The maximum Gasteiger partial charge on any atom is 0.351 e. The van der Waals surface area contributed by atoms with Crippen LogP contribution in [0.2, 0.25) is 0 Å². The molecule has 0 radical (unpaired) electrons. The minimum absolute atomic E-state index is 0.0247. The van der Waals surface area contributed by atoms with E-state index in [0.717, 1.165) is 4.90 Å². The van der Waals surface area contributed by atoms with Crippen molar-refractivity contribution >= 4 is 29.9 Å². The third-order valence-electron chi connectivity index (χ3n) is 2.08. The van der Waals surface area contributed by atoms with Crippen molar-refractivity contribution in [3.8, 4) is 0 Å². The minimum atomic E-state index is -0.695. The van der Waals surface area contributed by atoms with Gasteiger partial charge in [0.2, 0.25) is 0 Å². The molecule has 0 unspecified atom stereocenters. The highest BCUT2D eigenvalue weighted by Gasteiger charge is 2.31. The summed E-state index contributed by atoms with van der Waals surface area (Å²) < 4.78 is 0. The Balaban J connectivity index is 2.48. The second kappa shape index (κ2) is 5.73. The zero-order valence-corrected chi connectivity index (χ0v) is 9.13. The van der Waals surface area contributed by atoms with Gasteiger partial charge in [-0.25, -0.2) is 4.79 Å². The van der Waals surface area contributed by atoms with Gasteiger partial charge in [0.05, 0.1) is 6.54 Å². The lowest BCUT2D eigenvalue weighted by Crippen LogP contribution is -2.34. The van der Waals surface area contributed by atoms with Crippen LogP contribution in [0.5, 0.6) is 0 Å². The molecule has 0 saturated heterocycles. The lowest BCUT2D eigenvalue weighted by molar-refractivity contribution is -0.123. The molecule has 4 N–H and O–H groups in total. The number of urea groups is 1. The van der Waals surface area contributed by atoms with Crippen molar-refractivity contribution in [2.75, 3.05) is 13.1 Å². The maximum absolute atomic E-state index is 11.6. The van der Waals surface area contributed by atoms with Crippen molar-refractivity contribution in [1.29, 1.82) is 0 Å². The van der Waals surface area contributed by atoms with Crippen molar-refractivity contribution in [1.82, 2.24) is 4.90 Å². The summed E-state index contributed by atoms with van der Waals surface area (Å²) in [5.74, 6) is -0.546. The minimum Gasteiger partial charge on any atom is -0.370 e. The fourth-order valence-corrected chi connectivity index (χ4v) is 1.32. The summed E-state index contributed by atoms with van der Waals surface area (Å²) in [5.41, 5.74) is 10.4. The molecule has 0 fully saturated rings. The Bertz CT molecular complexity index is 397. The van der Waals surface area contributed by atoms with E-state index < -0.39 is 11.9 Å². The number of nitrogens with two attached hydrogens (primary N) is 2. The number of aldehydes is 1. The van der Waals surface area contributed by atoms with Gasteiger partial charge in [-0.1, -0.05) is 0 Å². The summed E-state index contributed by atoms with van der Waals surface area (Å²) in [6.45, 7) is 0.0923. The van der Waals surface area contributed by atoms with Crippen LogP contribution in [0.3, 0.4) is 0 Å². The molecule has 1 heterocycles. The largest absolute Gasteiger partial charge is 0.370 e. The predicted molar refractivity (Wildman–Crippen MR) is 60.5 cm³/mol. The first kappa shape index (κ1) is 12.8. The van der Waals surface area contributed by atoms with Gasteiger partial charge < -0.3 is 16.3 Å². The summed E-state index contributed by atoms with van der Waals surface area (Å²) >= 11 is 0. The Morgan fingerprint density at radius 2 is 2.12 bits per heavy atom. The van der Waals surface area contributed by atoms with E-state index in [1.54, 1.807) is 0 Å². The van der Waals surface area contributed by atoms with Gasteiger partial charge in [0, 0.05) is 6.54 Å². The van der Waals surface area contributed by atoms with Crippen LogP contribution in [0.1, 0.15) is 12.8 Å². The van der Waals surface area contributed by atoms with E-state index in [4.69, 9.17) is 11.5 Å². The Kier molecular flexibility index (Phi) is 4.32. The summed E-state index contributed by atoms with van der Waals surface area (Å²) in [6.07, 6.45) is 1.29. The first-order valence-corrected chi connectivity index (χ1v) is 4.98. The van der Waals surface area contributed by atoms with Crippen LogP contribution in [-0.4, -0.2) is 47.9 Å². The van der Waals surface area contributed by atoms with Crippen molar-refractivity contribution in [3.05, 3.63) is 0 Å². The van der Waals surface area contributed by atoms with Gasteiger partial charge in [0.1, 0.15) is 12.0 Å². The molecule has 0 aliphatic carbocycles. The van der Waals surface area contributed by atoms with Crippen LogP contribution in [0, 0.1) is 0 Å². The van der Waals surface area contributed by atoms with Crippen LogP contribution in [0.15, 0.2) is 9.98 Å². The number of hydrogen-bond donors (Lipinski definition) is 2. The molecule has 1 rings (SSSR count). The zero-order valence-electron chi connectivity index (χ0n) is 9.13. The lowest BCUT2D eigenvalue weighted by atomic mass is 10.2. The number of nitrogens with zero attached hydrogens (tertiary/aromatic N) is 3. The summed E-state index contributed by atoms with van der Waals surface area (Å²) in [5, 5.41) is 0. The van der Waals surface area contributed by atoms with Crippen LogP contribution in [-0.2, 0) is 9.59 Å². The van der Waals surface area contributed by atoms with E-state index in [0.29, 0.717) is 25.7 Å². The normalized spacial score (nSPS) is 14.8. The third-order valence-corrected chi connectivity index (χ3v) is 2.08. The predicted octanol–water partition coefficient (Wildman–Crippen LogP) is -1.36. The molecule has 17 heavy (non-hydrogen) atoms. The number of aliphatic imine (C=N–C) groups is 2. The number of rotatable bonds is 6. The second-order valence-electron chi connectivity index (χ2n) is 3.33. The molecule has 1 aliphatic rings. The molecule has 1 aliphatic heterocycles. The van der Waals surface area contributed by atoms with Gasteiger partial charge in [-0.2, -0.15) is 4.99 Å². The Morgan fingerprint density at radius 1 is 1.41 bits per heavy atom. The molecule has 8 nitrogen and oxygen atoms in total. The number of guanidine groups is 1. The number of hydrogen-bond acceptors (Lipinski definition) is 4. The van der Waals surface area contributed by atoms with E-state index in [1.807, 2.05) is 0 Å². The highest BCUT2D eigenvalue weighted by molar-refractivity contribution is 6.46. The van der Waals surface area contributed by atoms with E-state index in [2.05, 4.69) is 9.98 Å². The zero-order chi connectivity index (χ0) is 12.8. The topological polar surface area (TPSA) is 131 Å². The molecular weight excluding hydrogens is 226 g/mol. The van der Waals surface area contributed by atoms with Gasteiger partial charge in [0.15, 0.2) is 5.96 Å². The summed E-state index contributed by atoms with van der Waals surface area (Å²) in [4.78, 5) is 41.1. The molecule has 0 aromatic heterocycles. The number of amides is 3. The van der Waals surface area contributed by atoms with Gasteiger partial charge in [-0.05, 0) is 12.8 Å². The summed E-state index contributed by atoms with van der Waals surface area (Å²) in [6, 6.07) is -0.695. The number of imide groups is 1. The smallest absolute Gasteiger partial charge is 0.351 e. The quantitative estimate of drug-likeness (QED) is 0.256. The van der Waals surface area contributed by atoms with Gasteiger partial charge in [0.25, 0.3) is 5.91 Å². The molecule has 0 aromatic rings. The van der Waals surface area contributed by atoms with E-state index >= 15 is 0 Å². The lowest BCUT2D eigenvalue weighted by Gasteiger charge is -2.07. The molecule has 0 spiro atoms. The van der Waals surface area contributed by atoms with Crippen molar-refractivity contribution in [2.45, 2.75) is 12.8 Å². The molecule has 0 aromatic carbocycles. The van der Waals surface area contributed by atoms with E-state index in [9.17, 15) is 14.4 Å². The number of carbonyl (C=O) groups is 3. The Morgan fingerprint density at radius 3 is 2.71 bits per heavy atom. The molecule has 8 heteroatoms. The number of carbonyl (C=O) groups excluding carboxylic acids is 3. The van der Waals surface area contributed by atoms with Crippen LogP contribution in [0.4, 0.5) is 4.79 Å². The van der Waals surface area contributed by atoms with Crippen LogP contribution >= 0.6 is 0 Å². The summed E-state index contributed by atoms with van der Waals surface area (Å²) in [7, 11) is 0. The van der Waals surface area contributed by atoms with Gasteiger partial charge in [-0.3, -0.25) is 14.7 Å². The molecule has 0 saturated carbocycles. The van der Waals surface area contributed by atoms with Crippen LogP contribution in [0.25, 0.3) is 0 Å². The highest BCUT2D eigenvalue weighted by atomic mass is 16.2. The average Bonchev–Trinajstić information content (AvgIpc) is 2.52. The molecule has 3 amide bonds. The van der Waals surface area contributed by atoms with E-state index in [-0.39, 0.29) is 18.2 Å². The molecule has 0 atom stereocenters. The van der Waals surface area contributed by atoms with Gasteiger partial charge in [-0.15, -0.1) is 0 Å². The molecular formula is C9H13N5O3. The maximum atomic E-state index is 11.6. The average molecular weight is 239 g/mol. The third kappa shape index (κ3) is 3.37. The van der Waals surface area contributed by atoms with Crippen molar-refractivity contribution in [2.24, 2.45) is 21.5 Å². The van der Waals surface area contributed by atoms with E-state index in [1.165, 1.54) is 0 Å². The van der Waals surface area contributed by atoms with Crippen LogP contribution < -0.4 is 11.5 Å². The standard InChI is InChI=1S/C9H13N5O3/c10-8(11)12-3-1-2-6-7(16)14(4-5-15)9(17)13-6/h5H,1-4H2,(H4,10,11,12). The first-order chi connectivity index (χ1) is 8.06. The fourth-order valence-electron chi connectivity index (χ4n) is 1.32. The fraction of sp³-hybridized carbons (Fsp3) is 0.444. The van der Waals surface area contributed by atoms with Crippen molar-refractivity contribution in [3.63, 3.8) is 0 Å². The SMILES string of the molecule is NC(N)=NCCCC1=NC(=O)N(CC=O)C1=O. The monoisotopic (exact) mass is 239 g/mol. The Labute approximate surface area is 97.4 Å². The Hall–Kier alpha value is -2.25. The first-order valence-electron chi connectivity index (χ1n) is 4.98. The molecule has 92 valence electrons. The van der Waals surface area contributed by atoms with Crippen molar-refractivity contribution < 1.29 is 14.4 Å². The second-order valence-corrected chi connectivity index (χ2v) is 3.33. The van der Waals surface area contributed by atoms with Gasteiger partial charge >= 0.3 is 6.03 Å². The highest BCUT2D eigenvalue weighted by Crippen LogP contribution is 2.09.